The number of likely N-dealkylation sites (N-methyl/N-ethyl adjacent to an activating group) is 1. The number of nitrogens with zero attached hydrogens (tertiary/aromatic N) is 5. The van der Waals surface area contributed by atoms with E-state index in [2.05, 4.69) is 37.3 Å². The number of anilines is 1. The van der Waals surface area contributed by atoms with Crippen LogP contribution in [0.25, 0.3) is 21.9 Å². The van der Waals surface area contributed by atoms with Crippen molar-refractivity contribution >= 4 is 33.5 Å². The van der Waals surface area contributed by atoms with Gasteiger partial charge in [0.25, 0.3) is 5.91 Å². The number of piperazine rings is 1. The molecule has 1 saturated heterocycles. The maximum absolute atomic E-state index is 12.0. The maximum atomic E-state index is 12.0. The van der Waals surface area contributed by atoms with Crippen molar-refractivity contribution in [2.24, 2.45) is 0 Å². The fourth-order valence-corrected chi connectivity index (χ4v) is 3.70. The van der Waals surface area contributed by atoms with Crippen molar-refractivity contribution in [1.29, 1.82) is 0 Å². The minimum Gasteiger partial charge on any atom is -0.424 e. The number of carbonyl (C=O) groups excluding carboxylic acids is 1. The molecule has 1 aliphatic heterocycles. The molecule has 0 unspecified atom stereocenters. The second kappa shape index (κ2) is 7.84. The third-order valence-electron chi connectivity index (χ3n) is 5.52. The van der Waals surface area contributed by atoms with Gasteiger partial charge < -0.3 is 24.4 Å². The van der Waals surface area contributed by atoms with Crippen LogP contribution >= 0.6 is 0 Å². The molecule has 0 saturated carbocycles. The molecule has 9 nitrogen and oxygen atoms in total. The Morgan fingerprint density at radius 3 is 2.61 bits per heavy atom. The Balaban J connectivity index is 1.41. The van der Waals surface area contributed by atoms with Crippen molar-refractivity contribution in [3.8, 4) is 11.8 Å². The molecule has 2 aromatic carbocycles. The number of carbonyl (C=O) groups is 1. The van der Waals surface area contributed by atoms with E-state index in [4.69, 9.17) is 9.26 Å². The Hall–Kier alpha value is -3.72. The van der Waals surface area contributed by atoms with Crippen LogP contribution in [-0.2, 0) is 0 Å². The van der Waals surface area contributed by atoms with Crippen LogP contribution in [0.5, 0.6) is 11.8 Å². The lowest BCUT2D eigenvalue weighted by Crippen LogP contribution is -2.44. The monoisotopic (exact) mass is 418 g/mol. The highest BCUT2D eigenvalue weighted by molar-refractivity contribution is 6.10. The van der Waals surface area contributed by atoms with Crippen LogP contribution in [0.2, 0.25) is 0 Å². The van der Waals surface area contributed by atoms with Gasteiger partial charge in [0.15, 0.2) is 11.3 Å². The minimum atomic E-state index is -0.316. The number of ether oxygens (including phenoxy) is 1. The third kappa shape index (κ3) is 3.64. The topological polar surface area (TPSA) is 96.6 Å². The summed E-state index contributed by atoms with van der Waals surface area (Å²) in [5.74, 6) is 0.331. The molecule has 5 rings (SSSR count). The second-order valence-corrected chi connectivity index (χ2v) is 7.53. The smallest absolute Gasteiger partial charge is 0.322 e. The van der Waals surface area contributed by atoms with Gasteiger partial charge in [-0.15, -0.1) is 0 Å². The molecule has 0 bridgehead atoms. The van der Waals surface area contributed by atoms with E-state index < -0.39 is 0 Å². The summed E-state index contributed by atoms with van der Waals surface area (Å²) >= 11 is 0. The van der Waals surface area contributed by atoms with E-state index in [0.29, 0.717) is 22.2 Å². The van der Waals surface area contributed by atoms with E-state index in [-0.39, 0.29) is 17.6 Å². The fraction of sp³-hybridized carbons (Fsp3) is 0.273. The van der Waals surface area contributed by atoms with Crippen LogP contribution in [-0.4, -0.2) is 66.2 Å². The first-order valence-electron chi connectivity index (χ1n) is 10.1. The van der Waals surface area contributed by atoms with Gasteiger partial charge in [-0.1, -0.05) is 11.2 Å². The summed E-state index contributed by atoms with van der Waals surface area (Å²) in [4.78, 5) is 25.5. The Morgan fingerprint density at radius 2 is 1.87 bits per heavy atom. The first-order valence-corrected chi connectivity index (χ1v) is 10.1. The molecule has 4 aromatic rings. The zero-order valence-electron chi connectivity index (χ0n) is 17.3. The van der Waals surface area contributed by atoms with E-state index >= 15 is 0 Å². The molecule has 2 aromatic heterocycles. The van der Waals surface area contributed by atoms with Gasteiger partial charge >= 0.3 is 6.01 Å². The van der Waals surface area contributed by atoms with Crippen LogP contribution in [0.1, 0.15) is 10.5 Å². The third-order valence-corrected chi connectivity index (χ3v) is 5.52. The van der Waals surface area contributed by atoms with Crippen molar-refractivity contribution < 1.29 is 14.1 Å². The number of rotatable bonds is 4. The molecule has 3 heterocycles. The second-order valence-electron chi connectivity index (χ2n) is 7.53. The largest absolute Gasteiger partial charge is 0.424 e. The standard InChI is InChI=1S/C22H22N6O3/c1-23-21(29)19-17-8-3-14-13-24-22(25-18(14)20(17)31-26-19)30-16-6-4-15(5-7-16)28-11-9-27(2)10-12-28/h3-8,13H,9-12H2,1-2H3,(H,23,29). The Labute approximate surface area is 178 Å². The molecule has 0 aliphatic carbocycles. The highest BCUT2D eigenvalue weighted by atomic mass is 16.5. The molecule has 158 valence electrons. The van der Waals surface area contributed by atoms with E-state index in [1.807, 2.05) is 30.3 Å². The number of benzene rings is 2. The summed E-state index contributed by atoms with van der Waals surface area (Å²) in [7, 11) is 3.69. The van der Waals surface area contributed by atoms with Crippen molar-refractivity contribution in [2.75, 3.05) is 45.2 Å². The van der Waals surface area contributed by atoms with Crippen LogP contribution in [0.3, 0.4) is 0 Å². The van der Waals surface area contributed by atoms with Gasteiger partial charge in [-0.25, -0.2) is 4.98 Å². The number of aromatic nitrogens is 3. The van der Waals surface area contributed by atoms with Gasteiger partial charge in [-0.2, -0.15) is 4.98 Å². The molecule has 0 spiro atoms. The number of nitrogens with one attached hydrogen (secondary N) is 1. The quantitative estimate of drug-likeness (QED) is 0.540. The van der Waals surface area contributed by atoms with Gasteiger partial charge in [0.2, 0.25) is 0 Å². The van der Waals surface area contributed by atoms with E-state index in [0.717, 1.165) is 31.6 Å². The summed E-state index contributed by atoms with van der Waals surface area (Å²) in [5.41, 5.74) is 2.36. The summed E-state index contributed by atoms with van der Waals surface area (Å²) in [6.07, 6.45) is 1.66. The average molecular weight is 418 g/mol. The lowest BCUT2D eigenvalue weighted by Gasteiger charge is -2.34. The summed E-state index contributed by atoms with van der Waals surface area (Å²) in [5, 5.41) is 7.81. The van der Waals surface area contributed by atoms with Gasteiger partial charge in [0.05, 0.1) is 5.39 Å². The summed E-state index contributed by atoms with van der Waals surface area (Å²) in [6, 6.07) is 11.7. The van der Waals surface area contributed by atoms with Gasteiger partial charge in [0, 0.05) is 50.5 Å². The van der Waals surface area contributed by atoms with Gasteiger partial charge in [-0.3, -0.25) is 4.79 Å². The van der Waals surface area contributed by atoms with E-state index in [1.54, 1.807) is 19.3 Å². The molecule has 31 heavy (non-hydrogen) atoms. The Morgan fingerprint density at radius 1 is 1.10 bits per heavy atom. The highest BCUT2D eigenvalue weighted by Gasteiger charge is 2.18. The summed E-state index contributed by atoms with van der Waals surface area (Å²) in [6.45, 7) is 4.13. The van der Waals surface area contributed by atoms with Gasteiger partial charge in [-0.05, 0) is 37.4 Å². The zero-order valence-corrected chi connectivity index (χ0v) is 17.3. The number of hydrogen-bond acceptors (Lipinski definition) is 8. The number of fused-ring (bicyclic) bond motifs is 3. The molecule has 0 atom stereocenters. The van der Waals surface area contributed by atoms with Gasteiger partial charge in [0.1, 0.15) is 11.3 Å². The Bertz CT molecular complexity index is 1250. The maximum Gasteiger partial charge on any atom is 0.322 e. The molecule has 1 fully saturated rings. The van der Waals surface area contributed by atoms with Crippen molar-refractivity contribution in [3.63, 3.8) is 0 Å². The van der Waals surface area contributed by atoms with Crippen molar-refractivity contribution in [2.45, 2.75) is 0 Å². The number of hydrogen-bond donors (Lipinski definition) is 1. The molecule has 0 radical (unpaired) electrons. The molecular formula is C22H22N6O3. The predicted molar refractivity (Wildman–Crippen MR) is 117 cm³/mol. The SMILES string of the molecule is CNC(=O)c1noc2c1ccc1cnc(Oc3ccc(N4CCN(C)CC4)cc3)nc12. The lowest BCUT2D eigenvalue weighted by atomic mass is 10.1. The van der Waals surface area contributed by atoms with E-state index in [9.17, 15) is 4.79 Å². The molecule has 1 N–H and O–H groups in total. The van der Waals surface area contributed by atoms with Crippen LogP contribution in [0.15, 0.2) is 47.1 Å². The first-order chi connectivity index (χ1) is 15.1. The zero-order chi connectivity index (χ0) is 21.4. The highest BCUT2D eigenvalue weighted by Crippen LogP contribution is 2.29. The Kier molecular flexibility index (Phi) is 4.87. The summed E-state index contributed by atoms with van der Waals surface area (Å²) < 4.78 is 11.3. The number of amides is 1. The minimum absolute atomic E-state index is 0.199. The predicted octanol–water partition coefficient (Wildman–Crippen LogP) is 2.67. The van der Waals surface area contributed by atoms with Crippen molar-refractivity contribution in [3.05, 3.63) is 48.3 Å². The van der Waals surface area contributed by atoms with Crippen LogP contribution in [0.4, 0.5) is 5.69 Å². The molecular weight excluding hydrogens is 396 g/mol. The molecule has 1 aliphatic rings. The lowest BCUT2D eigenvalue weighted by molar-refractivity contribution is 0.0955. The van der Waals surface area contributed by atoms with Crippen molar-refractivity contribution in [1.82, 2.24) is 25.3 Å². The van der Waals surface area contributed by atoms with Crippen LogP contribution < -0.4 is 15.0 Å². The normalized spacial score (nSPS) is 14.8. The first kappa shape index (κ1) is 19.3. The molecule has 9 heteroatoms. The van der Waals surface area contributed by atoms with Crippen LogP contribution in [0, 0.1) is 0 Å². The average Bonchev–Trinajstić information content (AvgIpc) is 3.24. The fourth-order valence-electron chi connectivity index (χ4n) is 3.70. The molecule has 1 amide bonds. The van der Waals surface area contributed by atoms with E-state index in [1.165, 1.54) is 5.69 Å².